The smallest absolute Gasteiger partial charge is 0.224 e. The molecule has 0 heterocycles. The van der Waals surface area contributed by atoms with Gasteiger partial charge in [0, 0.05) is 17.1 Å². The fourth-order valence-electron chi connectivity index (χ4n) is 1.78. The monoisotopic (exact) mass is 304 g/mol. The zero-order chi connectivity index (χ0) is 15.1. The predicted molar refractivity (Wildman–Crippen MR) is 85.7 cm³/mol. The number of nitrogens with one attached hydrogen (secondary N) is 1. The maximum atomic E-state index is 11.8. The van der Waals surface area contributed by atoms with Crippen molar-refractivity contribution in [3.05, 3.63) is 53.6 Å². The maximum absolute atomic E-state index is 11.8. The van der Waals surface area contributed by atoms with Crippen molar-refractivity contribution < 1.29 is 9.53 Å². The molecule has 2 aromatic rings. The fourth-order valence-corrected chi connectivity index (χ4v) is 1.91. The van der Waals surface area contributed by atoms with E-state index in [2.05, 4.69) is 5.32 Å². The molecule has 2 aromatic carbocycles. The van der Waals surface area contributed by atoms with Crippen LogP contribution in [0.5, 0.6) is 5.75 Å². The number of anilines is 2. The molecule has 0 bridgehead atoms. The lowest BCUT2D eigenvalue weighted by Crippen LogP contribution is -2.12. The Morgan fingerprint density at radius 3 is 2.57 bits per heavy atom. The zero-order valence-electron chi connectivity index (χ0n) is 11.5. The number of benzene rings is 2. The first-order valence-electron chi connectivity index (χ1n) is 6.68. The summed E-state index contributed by atoms with van der Waals surface area (Å²) >= 11 is 5.78. The molecule has 0 aliphatic rings. The molecular formula is C16H17ClN2O2. The van der Waals surface area contributed by atoms with Crippen LogP contribution < -0.4 is 15.8 Å². The van der Waals surface area contributed by atoms with Crippen LogP contribution in [0.3, 0.4) is 0 Å². The summed E-state index contributed by atoms with van der Waals surface area (Å²) in [5.74, 6) is 0.595. The minimum atomic E-state index is -0.0537. The van der Waals surface area contributed by atoms with Gasteiger partial charge in [0.1, 0.15) is 5.75 Å². The van der Waals surface area contributed by atoms with Gasteiger partial charge >= 0.3 is 0 Å². The van der Waals surface area contributed by atoms with Gasteiger partial charge in [-0.05, 0) is 42.8 Å². The summed E-state index contributed by atoms with van der Waals surface area (Å²) in [5, 5.41) is 3.44. The first kappa shape index (κ1) is 15.2. The molecule has 0 saturated carbocycles. The first-order chi connectivity index (χ1) is 10.1. The van der Waals surface area contributed by atoms with Crippen LogP contribution in [0, 0.1) is 0 Å². The van der Waals surface area contributed by atoms with Gasteiger partial charge in [0.05, 0.1) is 12.3 Å². The van der Waals surface area contributed by atoms with E-state index in [1.165, 1.54) is 0 Å². The highest BCUT2D eigenvalue weighted by molar-refractivity contribution is 6.30. The minimum absolute atomic E-state index is 0.0537. The second-order valence-corrected chi connectivity index (χ2v) is 4.98. The molecule has 1 amide bonds. The number of carbonyl (C=O) groups is 1. The molecule has 2 rings (SSSR count). The number of ether oxygens (including phenoxy) is 1. The molecule has 0 aromatic heterocycles. The van der Waals surface area contributed by atoms with Gasteiger partial charge in [-0.25, -0.2) is 0 Å². The van der Waals surface area contributed by atoms with E-state index in [4.69, 9.17) is 22.1 Å². The molecule has 21 heavy (non-hydrogen) atoms. The van der Waals surface area contributed by atoms with Gasteiger partial charge in [-0.2, -0.15) is 0 Å². The molecule has 5 heteroatoms. The number of nitrogen functional groups attached to an aromatic ring is 1. The largest absolute Gasteiger partial charge is 0.491 e. The summed E-state index contributed by atoms with van der Waals surface area (Å²) < 4.78 is 5.53. The van der Waals surface area contributed by atoms with E-state index in [0.717, 1.165) is 5.69 Å². The van der Waals surface area contributed by atoms with Crippen LogP contribution in [0.2, 0.25) is 5.02 Å². The lowest BCUT2D eigenvalue weighted by molar-refractivity contribution is -0.116. The molecule has 0 spiro atoms. The van der Waals surface area contributed by atoms with Gasteiger partial charge in [-0.15, -0.1) is 0 Å². The van der Waals surface area contributed by atoms with Crippen LogP contribution >= 0.6 is 11.6 Å². The minimum Gasteiger partial charge on any atom is -0.491 e. The lowest BCUT2D eigenvalue weighted by atomic mass is 10.2. The van der Waals surface area contributed by atoms with Crippen LogP contribution in [0.25, 0.3) is 0 Å². The van der Waals surface area contributed by atoms with E-state index in [-0.39, 0.29) is 5.91 Å². The van der Waals surface area contributed by atoms with E-state index in [1.807, 2.05) is 18.2 Å². The molecular weight excluding hydrogens is 288 g/mol. The number of hydrogen-bond donors (Lipinski definition) is 2. The third-order valence-corrected chi connectivity index (χ3v) is 3.10. The number of rotatable bonds is 6. The average Bonchev–Trinajstić information content (AvgIpc) is 2.48. The molecule has 0 fully saturated rings. The Bertz CT molecular complexity index is 599. The maximum Gasteiger partial charge on any atom is 0.224 e. The summed E-state index contributed by atoms with van der Waals surface area (Å²) in [6, 6.07) is 14.3. The summed E-state index contributed by atoms with van der Waals surface area (Å²) in [4.78, 5) is 11.8. The first-order valence-corrected chi connectivity index (χ1v) is 7.05. The van der Waals surface area contributed by atoms with E-state index in [9.17, 15) is 4.79 Å². The summed E-state index contributed by atoms with van der Waals surface area (Å²) in [5.41, 5.74) is 7.10. The molecule has 0 radical (unpaired) electrons. The van der Waals surface area contributed by atoms with Crippen molar-refractivity contribution in [1.29, 1.82) is 0 Å². The molecule has 0 unspecified atom stereocenters. The number of nitrogens with two attached hydrogens (primary N) is 1. The average molecular weight is 305 g/mol. The normalized spacial score (nSPS) is 10.1. The van der Waals surface area contributed by atoms with Gasteiger partial charge in [0.2, 0.25) is 5.91 Å². The standard InChI is InChI=1S/C16H17ClN2O2/c17-12-7-9-13(10-8-12)19-16(20)6-3-11-21-15-5-2-1-4-14(15)18/h1-2,4-5,7-10H,3,6,11,18H2,(H,19,20). The topological polar surface area (TPSA) is 64.3 Å². The van der Waals surface area contributed by atoms with E-state index in [1.54, 1.807) is 30.3 Å². The van der Waals surface area contributed by atoms with Crippen molar-refractivity contribution in [1.82, 2.24) is 0 Å². The summed E-state index contributed by atoms with van der Waals surface area (Å²) in [6.45, 7) is 0.447. The zero-order valence-corrected chi connectivity index (χ0v) is 12.3. The van der Waals surface area contributed by atoms with E-state index in [0.29, 0.717) is 35.9 Å². The van der Waals surface area contributed by atoms with E-state index < -0.39 is 0 Å². The van der Waals surface area contributed by atoms with Gasteiger partial charge < -0.3 is 15.8 Å². The molecule has 0 aliphatic carbocycles. The molecule has 3 N–H and O–H groups in total. The van der Waals surface area contributed by atoms with Crippen LogP contribution in [0.1, 0.15) is 12.8 Å². The Morgan fingerprint density at radius 1 is 1.14 bits per heavy atom. The van der Waals surface area contributed by atoms with Crippen molar-refractivity contribution in [3.8, 4) is 5.75 Å². The van der Waals surface area contributed by atoms with Crippen molar-refractivity contribution in [2.75, 3.05) is 17.7 Å². The van der Waals surface area contributed by atoms with Crippen molar-refractivity contribution in [3.63, 3.8) is 0 Å². The number of para-hydroxylation sites is 2. The number of halogens is 1. The van der Waals surface area contributed by atoms with Gasteiger partial charge in [0.25, 0.3) is 0 Å². The van der Waals surface area contributed by atoms with Crippen LogP contribution in [-0.4, -0.2) is 12.5 Å². The van der Waals surface area contributed by atoms with Gasteiger partial charge in [0.15, 0.2) is 0 Å². The van der Waals surface area contributed by atoms with Crippen molar-refractivity contribution >= 4 is 28.9 Å². The summed E-state index contributed by atoms with van der Waals surface area (Å²) in [6.07, 6.45) is 1.00. The SMILES string of the molecule is Nc1ccccc1OCCCC(=O)Nc1ccc(Cl)cc1. The molecule has 0 saturated heterocycles. The third-order valence-electron chi connectivity index (χ3n) is 2.85. The number of amides is 1. The molecule has 4 nitrogen and oxygen atoms in total. The quantitative estimate of drug-likeness (QED) is 0.631. The Labute approximate surface area is 128 Å². The van der Waals surface area contributed by atoms with Crippen LogP contribution in [0.15, 0.2) is 48.5 Å². The van der Waals surface area contributed by atoms with Gasteiger partial charge in [-0.1, -0.05) is 23.7 Å². The molecule has 0 aliphatic heterocycles. The third kappa shape index (κ3) is 5.00. The van der Waals surface area contributed by atoms with Crippen molar-refractivity contribution in [2.45, 2.75) is 12.8 Å². The van der Waals surface area contributed by atoms with Crippen LogP contribution in [0.4, 0.5) is 11.4 Å². The molecule has 110 valence electrons. The second-order valence-electron chi connectivity index (χ2n) is 4.54. The fraction of sp³-hybridized carbons (Fsp3) is 0.188. The highest BCUT2D eigenvalue weighted by atomic mass is 35.5. The Hall–Kier alpha value is -2.20. The Kier molecular flexibility index (Phi) is 5.46. The number of carbonyl (C=O) groups excluding carboxylic acids is 1. The Balaban J connectivity index is 1.70. The molecule has 0 atom stereocenters. The highest BCUT2D eigenvalue weighted by Crippen LogP contribution is 2.20. The van der Waals surface area contributed by atoms with Crippen LogP contribution in [-0.2, 0) is 4.79 Å². The van der Waals surface area contributed by atoms with Crippen molar-refractivity contribution in [2.24, 2.45) is 0 Å². The predicted octanol–water partition coefficient (Wildman–Crippen LogP) is 3.72. The van der Waals surface area contributed by atoms with E-state index >= 15 is 0 Å². The highest BCUT2D eigenvalue weighted by Gasteiger charge is 2.03. The van der Waals surface area contributed by atoms with Gasteiger partial charge in [-0.3, -0.25) is 4.79 Å². The lowest BCUT2D eigenvalue weighted by Gasteiger charge is -2.08. The summed E-state index contributed by atoms with van der Waals surface area (Å²) in [7, 11) is 0. The second kappa shape index (κ2) is 7.55. The number of hydrogen-bond acceptors (Lipinski definition) is 3. The Morgan fingerprint density at radius 2 is 1.86 bits per heavy atom.